The number of rotatable bonds is 1. The van der Waals surface area contributed by atoms with E-state index < -0.39 is 0 Å². The van der Waals surface area contributed by atoms with Gasteiger partial charge in [0.15, 0.2) is 10.8 Å². The third-order valence-electron chi connectivity index (χ3n) is 2.19. The smallest absolute Gasteiger partial charge is 0.224 e. The standard InChI is InChI=1S/C9H5Cl2N5S/c1-4-13-14-9-16(4)15-8(17-9)5-2-3-6(10)12-7(5)11/h2-3H,1H3. The van der Waals surface area contributed by atoms with E-state index in [2.05, 4.69) is 20.3 Å². The minimum Gasteiger partial charge on any atom is -0.224 e. The first kappa shape index (κ1) is 10.9. The van der Waals surface area contributed by atoms with Crippen LogP contribution in [0.1, 0.15) is 5.82 Å². The number of nitrogens with zero attached hydrogens (tertiary/aromatic N) is 5. The van der Waals surface area contributed by atoms with E-state index >= 15 is 0 Å². The molecule has 0 aliphatic heterocycles. The Bertz CT molecular complexity index is 705. The monoisotopic (exact) mass is 285 g/mol. The molecule has 0 aliphatic rings. The molecule has 0 N–H and O–H groups in total. The lowest BCUT2D eigenvalue weighted by molar-refractivity contribution is 0.897. The molecule has 3 aromatic rings. The highest BCUT2D eigenvalue weighted by Gasteiger charge is 2.13. The molecule has 0 unspecified atom stereocenters. The molecule has 0 amide bonds. The quantitative estimate of drug-likeness (QED) is 0.645. The van der Waals surface area contributed by atoms with Gasteiger partial charge in [0.2, 0.25) is 4.96 Å². The molecule has 0 atom stereocenters. The highest BCUT2D eigenvalue weighted by molar-refractivity contribution is 7.19. The van der Waals surface area contributed by atoms with Crippen LogP contribution in [-0.2, 0) is 0 Å². The van der Waals surface area contributed by atoms with Crippen molar-refractivity contribution < 1.29 is 0 Å². The van der Waals surface area contributed by atoms with Crippen molar-refractivity contribution >= 4 is 39.5 Å². The Morgan fingerprint density at radius 2 is 2.06 bits per heavy atom. The third kappa shape index (κ3) is 1.78. The van der Waals surface area contributed by atoms with Crippen molar-refractivity contribution in [3.05, 3.63) is 28.3 Å². The van der Waals surface area contributed by atoms with Crippen LogP contribution in [0, 0.1) is 6.92 Å². The summed E-state index contributed by atoms with van der Waals surface area (Å²) in [7, 11) is 0. The van der Waals surface area contributed by atoms with Crippen molar-refractivity contribution in [1.82, 2.24) is 24.8 Å². The van der Waals surface area contributed by atoms with E-state index in [0.29, 0.717) is 10.3 Å². The van der Waals surface area contributed by atoms with E-state index in [1.165, 1.54) is 11.3 Å². The molecule has 0 saturated carbocycles. The number of hydrogen-bond donors (Lipinski definition) is 0. The van der Waals surface area contributed by atoms with Crippen LogP contribution >= 0.6 is 34.5 Å². The summed E-state index contributed by atoms with van der Waals surface area (Å²) in [6, 6.07) is 3.47. The maximum Gasteiger partial charge on any atom is 0.234 e. The van der Waals surface area contributed by atoms with Gasteiger partial charge in [-0.1, -0.05) is 34.5 Å². The van der Waals surface area contributed by atoms with Gasteiger partial charge in [0.05, 0.1) is 0 Å². The Kier molecular flexibility index (Phi) is 2.50. The molecule has 8 heteroatoms. The highest BCUT2D eigenvalue weighted by Crippen LogP contribution is 2.30. The zero-order chi connectivity index (χ0) is 12.0. The predicted molar refractivity (Wildman–Crippen MR) is 66.6 cm³/mol. The molecule has 3 rings (SSSR count). The first-order valence-corrected chi connectivity index (χ1v) is 6.23. The van der Waals surface area contributed by atoms with Crippen LogP contribution in [-0.4, -0.2) is 24.8 Å². The van der Waals surface area contributed by atoms with Gasteiger partial charge >= 0.3 is 0 Å². The van der Waals surface area contributed by atoms with Gasteiger partial charge in [-0.25, -0.2) is 4.98 Å². The second kappa shape index (κ2) is 3.90. The van der Waals surface area contributed by atoms with Crippen LogP contribution in [0.25, 0.3) is 15.5 Å². The van der Waals surface area contributed by atoms with E-state index in [-0.39, 0.29) is 0 Å². The number of pyridine rings is 1. The molecule has 86 valence electrons. The van der Waals surface area contributed by atoms with Crippen molar-refractivity contribution in [3.8, 4) is 10.6 Å². The second-order valence-electron chi connectivity index (χ2n) is 3.32. The highest BCUT2D eigenvalue weighted by atomic mass is 35.5. The van der Waals surface area contributed by atoms with Gasteiger partial charge < -0.3 is 0 Å². The molecule has 0 fully saturated rings. The summed E-state index contributed by atoms with van der Waals surface area (Å²) in [5.74, 6) is 0.737. The normalized spacial score (nSPS) is 11.2. The lowest BCUT2D eigenvalue weighted by Gasteiger charge is -1.98. The van der Waals surface area contributed by atoms with Crippen molar-refractivity contribution in [2.75, 3.05) is 0 Å². The zero-order valence-electron chi connectivity index (χ0n) is 8.55. The fourth-order valence-corrected chi connectivity index (χ4v) is 2.80. The molecule has 0 aliphatic carbocycles. The van der Waals surface area contributed by atoms with Gasteiger partial charge in [0, 0.05) is 5.56 Å². The number of aryl methyl sites for hydroxylation is 1. The fraction of sp³-hybridized carbons (Fsp3) is 0.111. The SMILES string of the molecule is Cc1nnc2sc(-c3ccc(Cl)nc3Cl)nn12. The summed E-state index contributed by atoms with van der Waals surface area (Å²) in [5, 5.41) is 13.7. The van der Waals surface area contributed by atoms with Crippen LogP contribution in [0.5, 0.6) is 0 Å². The maximum absolute atomic E-state index is 6.02. The minimum absolute atomic E-state index is 0.333. The Balaban J connectivity index is 2.20. The summed E-state index contributed by atoms with van der Waals surface area (Å²) in [6.07, 6.45) is 0. The molecule has 0 bridgehead atoms. The predicted octanol–water partition coefficient (Wildman–Crippen LogP) is 2.86. The summed E-state index contributed by atoms with van der Waals surface area (Å²) in [4.78, 5) is 4.70. The van der Waals surface area contributed by atoms with Gasteiger partial charge in [-0.3, -0.25) is 0 Å². The van der Waals surface area contributed by atoms with Crippen molar-refractivity contribution in [1.29, 1.82) is 0 Å². The Hall–Kier alpha value is -1.24. The van der Waals surface area contributed by atoms with Gasteiger partial charge in [0.1, 0.15) is 10.3 Å². The molecule has 0 spiro atoms. The van der Waals surface area contributed by atoms with Gasteiger partial charge in [-0.05, 0) is 19.1 Å². The first-order valence-electron chi connectivity index (χ1n) is 4.66. The Labute approximate surface area is 110 Å². The molecule has 0 saturated heterocycles. The van der Waals surface area contributed by atoms with E-state index in [1.54, 1.807) is 16.6 Å². The molecular weight excluding hydrogens is 281 g/mol. The molecule has 0 radical (unpaired) electrons. The minimum atomic E-state index is 0.333. The average Bonchev–Trinajstić information content (AvgIpc) is 2.81. The summed E-state index contributed by atoms with van der Waals surface area (Å²) in [5.41, 5.74) is 0.742. The van der Waals surface area contributed by atoms with Crippen LogP contribution in [0.2, 0.25) is 10.3 Å². The molecule has 17 heavy (non-hydrogen) atoms. The molecular formula is C9H5Cl2N5S. The van der Waals surface area contributed by atoms with Crippen molar-refractivity contribution in [2.45, 2.75) is 6.92 Å². The van der Waals surface area contributed by atoms with E-state index in [4.69, 9.17) is 23.2 Å². The van der Waals surface area contributed by atoms with Gasteiger partial charge in [0.25, 0.3) is 0 Å². The summed E-state index contributed by atoms with van der Waals surface area (Å²) in [6.45, 7) is 1.84. The molecule has 3 heterocycles. The Morgan fingerprint density at radius 3 is 2.76 bits per heavy atom. The number of halogens is 2. The lowest BCUT2D eigenvalue weighted by atomic mass is 10.3. The maximum atomic E-state index is 6.02. The first-order chi connectivity index (χ1) is 8.15. The van der Waals surface area contributed by atoms with Crippen LogP contribution in [0.3, 0.4) is 0 Å². The van der Waals surface area contributed by atoms with Crippen LogP contribution in [0.4, 0.5) is 0 Å². The van der Waals surface area contributed by atoms with Crippen molar-refractivity contribution in [3.63, 3.8) is 0 Å². The van der Waals surface area contributed by atoms with Gasteiger partial charge in [-0.15, -0.1) is 10.2 Å². The van der Waals surface area contributed by atoms with Gasteiger partial charge in [-0.2, -0.15) is 9.61 Å². The topological polar surface area (TPSA) is 56.0 Å². The number of hydrogen-bond acceptors (Lipinski definition) is 5. The van der Waals surface area contributed by atoms with Crippen LogP contribution < -0.4 is 0 Å². The summed E-state index contributed by atoms with van der Waals surface area (Å²) < 4.78 is 1.67. The largest absolute Gasteiger partial charge is 0.234 e. The molecule has 5 nitrogen and oxygen atoms in total. The summed E-state index contributed by atoms with van der Waals surface area (Å²) >= 11 is 13.2. The lowest BCUT2D eigenvalue weighted by Crippen LogP contribution is -1.89. The Morgan fingerprint density at radius 1 is 1.24 bits per heavy atom. The van der Waals surface area contributed by atoms with Crippen LogP contribution in [0.15, 0.2) is 12.1 Å². The number of aromatic nitrogens is 5. The average molecular weight is 286 g/mol. The van der Waals surface area contributed by atoms with E-state index in [1.807, 2.05) is 6.92 Å². The molecule has 3 aromatic heterocycles. The fourth-order valence-electron chi connectivity index (χ4n) is 1.40. The van der Waals surface area contributed by atoms with E-state index in [0.717, 1.165) is 21.4 Å². The molecule has 0 aromatic carbocycles. The van der Waals surface area contributed by atoms with E-state index in [9.17, 15) is 0 Å². The third-order valence-corrected chi connectivity index (χ3v) is 3.62. The zero-order valence-corrected chi connectivity index (χ0v) is 10.9. The second-order valence-corrected chi connectivity index (χ2v) is 5.02. The van der Waals surface area contributed by atoms with Crippen molar-refractivity contribution in [2.24, 2.45) is 0 Å². The number of fused-ring (bicyclic) bond motifs is 1.